The van der Waals surface area contributed by atoms with Crippen molar-refractivity contribution in [2.45, 2.75) is 50.2 Å². The molecule has 3 unspecified atom stereocenters. The Kier molecular flexibility index (Phi) is 7.93. The van der Waals surface area contributed by atoms with Crippen molar-refractivity contribution in [3.05, 3.63) is 0 Å². The predicted molar refractivity (Wildman–Crippen MR) is 82.3 cm³/mol. The molecule has 1 aliphatic rings. The van der Waals surface area contributed by atoms with E-state index < -0.39 is 36.6 Å². The molecule has 1 aliphatic heterocycles. The maximum atomic E-state index is 12.4. The van der Waals surface area contributed by atoms with E-state index in [4.69, 9.17) is 21.7 Å². The maximum Gasteiger partial charge on any atom is 0.328 e. The normalized spacial score (nSPS) is 20.1. The molecule has 0 aromatic heterocycles. The molecule has 0 bridgehead atoms. The number of carboxylic acids is 1. The van der Waals surface area contributed by atoms with Gasteiger partial charge in [-0.2, -0.15) is 0 Å². The van der Waals surface area contributed by atoms with Gasteiger partial charge in [0.15, 0.2) is 0 Å². The summed E-state index contributed by atoms with van der Waals surface area (Å²) in [5.74, 6) is -2.21. The van der Waals surface area contributed by atoms with Gasteiger partial charge in [-0.25, -0.2) is 4.79 Å². The highest BCUT2D eigenvalue weighted by Crippen LogP contribution is 2.19. The Bertz CT molecular complexity index is 431. The van der Waals surface area contributed by atoms with Crippen LogP contribution >= 0.6 is 0 Å². The van der Waals surface area contributed by atoms with Gasteiger partial charge in [0.05, 0.1) is 12.6 Å². The molecule has 1 heterocycles. The number of hydrogen-bond donors (Lipinski definition) is 5. The average molecular weight is 330 g/mol. The van der Waals surface area contributed by atoms with Crippen molar-refractivity contribution in [3.63, 3.8) is 0 Å². The van der Waals surface area contributed by atoms with Crippen LogP contribution in [0, 0.1) is 0 Å². The van der Waals surface area contributed by atoms with E-state index in [1.165, 1.54) is 4.90 Å². The third-order valence-electron chi connectivity index (χ3n) is 3.92. The molecule has 2 amide bonds. The fourth-order valence-electron chi connectivity index (χ4n) is 2.60. The zero-order chi connectivity index (χ0) is 17.4. The lowest BCUT2D eigenvalue weighted by molar-refractivity contribution is -0.145. The molecule has 1 saturated heterocycles. The van der Waals surface area contributed by atoms with E-state index in [1.54, 1.807) is 0 Å². The highest BCUT2D eigenvalue weighted by molar-refractivity contribution is 5.92. The van der Waals surface area contributed by atoms with Crippen molar-refractivity contribution in [2.75, 3.05) is 19.7 Å². The molecule has 0 radical (unpaired) electrons. The van der Waals surface area contributed by atoms with Gasteiger partial charge in [-0.05, 0) is 32.2 Å². The van der Waals surface area contributed by atoms with Crippen molar-refractivity contribution < 1.29 is 24.6 Å². The zero-order valence-electron chi connectivity index (χ0n) is 13.1. The van der Waals surface area contributed by atoms with Crippen LogP contribution in [0.15, 0.2) is 0 Å². The lowest BCUT2D eigenvalue weighted by Gasteiger charge is -2.27. The number of carbonyl (C=O) groups excluding carboxylic acids is 2. The number of carboxylic acid groups (broad SMARTS) is 1. The second-order valence-corrected chi connectivity index (χ2v) is 5.66. The van der Waals surface area contributed by atoms with Crippen molar-refractivity contribution >= 4 is 17.8 Å². The zero-order valence-corrected chi connectivity index (χ0v) is 13.1. The van der Waals surface area contributed by atoms with Gasteiger partial charge in [0, 0.05) is 6.54 Å². The summed E-state index contributed by atoms with van der Waals surface area (Å²) in [5, 5.41) is 20.1. The Morgan fingerprint density at radius 3 is 2.57 bits per heavy atom. The number of carbonyl (C=O) groups is 3. The summed E-state index contributed by atoms with van der Waals surface area (Å²) < 4.78 is 0. The molecule has 1 rings (SSSR count). The van der Waals surface area contributed by atoms with E-state index in [0.29, 0.717) is 32.4 Å². The minimum absolute atomic E-state index is 0.310. The lowest BCUT2D eigenvalue weighted by Crippen LogP contribution is -2.54. The molecule has 132 valence electrons. The van der Waals surface area contributed by atoms with Gasteiger partial charge in [-0.3, -0.25) is 9.59 Å². The molecular weight excluding hydrogens is 304 g/mol. The smallest absolute Gasteiger partial charge is 0.328 e. The van der Waals surface area contributed by atoms with Crippen LogP contribution in [-0.4, -0.2) is 70.7 Å². The summed E-state index contributed by atoms with van der Waals surface area (Å²) >= 11 is 0. The highest BCUT2D eigenvalue weighted by atomic mass is 16.4. The number of aliphatic hydroxyl groups excluding tert-OH is 1. The third-order valence-corrected chi connectivity index (χ3v) is 3.92. The van der Waals surface area contributed by atoms with Crippen LogP contribution in [0.1, 0.15) is 32.1 Å². The van der Waals surface area contributed by atoms with Crippen molar-refractivity contribution in [2.24, 2.45) is 11.5 Å². The first kappa shape index (κ1) is 19.3. The Hall–Kier alpha value is -1.71. The molecule has 1 fully saturated rings. The van der Waals surface area contributed by atoms with Crippen molar-refractivity contribution in [1.82, 2.24) is 10.2 Å². The van der Waals surface area contributed by atoms with Crippen LogP contribution in [0.5, 0.6) is 0 Å². The molecule has 3 atom stereocenters. The maximum absolute atomic E-state index is 12.4. The summed E-state index contributed by atoms with van der Waals surface area (Å²) in [6.45, 7) is 0.242. The molecule has 0 spiro atoms. The molecule has 23 heavy (non-hydrogen) atoms. The quantitative estimate of drug-likeness (QED) is 0.306. The number of nitrogens with one attached hydrogen (secondary N) is 1. The molecule has 0 aliphatic carbocycles. The van der Waals surface area contributed by atoms with Crippen molar-refractivity contribution in [3.8, 4) is 0 Å². The van der Waals surface area contributed by atoms with Crippen LogP contribution < -0.4 is 16.8 Å². The van der Waals surface area contributed by atoms with E-state index in [2.05, 4.69) is 5.32 Å². The van der Waals surface area contributed by atoms with Gasteiger partial charge in [0.25, 0.3) is 0 Å². The number of amides is 2. The Labute approximate surface area is 135 Å². The van der Waals surface area contributed by atoms with E-state index in [9.17, 15) is 14.4 Å². The van der Waals surface area contributed by atoms with Crippen LogP contribution in [0.3, 0.4) is 0 Å². The average Bonchev–Trinajstić information content (AvgIpc) is 3.00. The Balaban J connectivity index is 2.63. The number of nitrogens with zero attached hydrogens (tertiary/aromatic N) is 1. The largest absolute Gasteiger partial charge is 0.480 e. The number of rotatable bonds is 9. The number of unbranched alkanes of at least 4 members (excludes halogenated alkanes) is 1. The topological polar surface area (TPSA) is 159 Å². The molecule has 7 N–H and O–H groups in total. The molecule has 0 aromatic rings. The van der Waals surface area contributed by atoms with E-state index >= 15 is 0 Å². The standard InChI is InChI=1S/C14H26N4O5/c15-6-2-1-4-9(16)13(21)18-7-3-5-11(18)12(20)17-10(8-19)14(22)23/h9-11,19H,1-8,15-16H2,(H,17,20)(H,22,23). The number of likely N-dealkylation sites (tertiary alicyclic amines) is 1. The van der Waals surface area contributed by atoms with E-state index in [-0.39, 0.29) is 5.91 Å². The minimum Gasteiger partial charge on any atom is -0.480 e. The monoisotopic (exact) mass is 330 g/mol. The first-order valence-corrected chi connectivity index (χ1v) is 7.82. The van der Waals surface area contributed by atoms with Crippen LogP contribution in [-0.2, 0) is 14.4 Å². The van der Waals surface area contributed by atoms with Gasteiger partial charge in [0.1, 0.15) is 12.1 Å². The molecule has 0 saturated carbocycles. The Morgan fingerprint density at radius 2 is 2.00 bits per heavy atom. The first-order chi connectivity index (χ1) is 10.9. The summed E-state index contributed by atoms with van der Waals surface area (Å²) in [6, 6.07) is -2.81. The number of aliphatic hydroxyl groups is 1. The second kappa shape index (κ2) is 9.43. The number of nitrogens with two attached hydrogens (primary N) is 2. The first-order valence-electron chi connectivity index (χ1n) is 7.82. The SMILES string of the molecule is NCCCCC(N)C(=O)N1CCCC1C(=O)NC(CO)C(=O)O. The van der Waals surface area contributed by atoms with E-state index in [1.807, 2.05) is 0 Å². The number of aliphatic carboxylic acids is 1. The molecule has 0 aromatic carbocycles. The van der Waals surface area contributed by atoms with Gasteiger partial charge in [-0.1, -0.05) is 6.42 Å². The fourth-order valence-corrected chi connectivity index (χ4v) is 2.60. The van der Waals surface area contributed by atoms with E-state index in [0.717, 1.165) is 12.8 Å². The Morgan fingerprint density at radius 1 is 1.30 bits per heavy atom. The number of hydrogen-bond acceptors (Lipinski definition) is 6. The summed E-state index contributed by atoms with van der Waals surface area (Å²) in [6.07, 6.45) is 3.11. The second-order valence-electron chi connectivity index (χ2n) is 5.66. The van der Waals surface area contributed by atoms with Crippen LogP contribution in [0.2, 0.25) is 0 Å². The summed E-state index contributed by atoms with van der Waals surface area (Å²) in [5.41, 5.74) is 11.3. The summed E-state index contributed by atoms with van der Waals surface area (Å²) in [4.78, 5) is 36.8. The molecular formula is C14H26N4O5. The van der Waals surface area contributed by atoms with Gasteiger partial charge in [-0.15, -0.1) is 0 Å². The molecule has 9 nitrogen and oxygen atoms in total. The van der Waals surface area contributed by atoms with Crippen molar-refractivity contribution in [1.29, 1.82) is 0 Å². The minimum atomic E-state index is -1.38. The fraction of sp³-hybridized carbons (Fsp3) is 0.786. The predicted octanol–water partition coefficient (Wildman–Crippen LogP) is -2.00. The third kappa shape index (κ3) is 5.45. The molecule has 9 heteroatoms. The van der Waals surface area contributed by atoms with Gasteiger partial charge < -0.3 is 31.9 Å². The lowest BCUT2D eigenvalue weighted by atomic mass is 10.1. The van der Waals surface area contributed by atoms with Gasteiger partial charge in [0.2, 0.25) is 11.8 Å². The van der Waals surface area contributed by atoms with Crippen LogP contribution in [0.4, 0.5) is 0 Å². The van der Waals surface area contributed by atoms with Gasteiger partial charge >= 0.3 is 5.97 Å². The highest BCUT2D eigenvalue weighted by Gasteiger charge is 2.37. The summed E-state index contributed by atoms with van der Waals surface area (Å²) in [7, 11) is 0. The van der Waals surface area contributed by atoms with Crippen LogP contribution in [0.25, 0.3) is 0 Å².